The van der Waals surface area contributed by atoms with E-state index in [-0.39, 0.29) is 12.0 Å². The minimum Gasteiger partial charge on any atom is -0.392 e. The summed E-state index contributed by atoms with van der Waals surface area (Å²) < 4.78 is 0. The molecule has 1 saturated carbocycles. The number of benzene rings is 1. The van der Waals surface area contributed by atoms with Crippen molar-refractivity contribution in [2.75, 3.05) is 18.9 Å². The first-order chi connectivity index (χ1) is 11.5. The van der Waals surface area contributed by atoms with Crippen molar-refractivity contribution >= 4 is 22.9 Å². The number of hydrogen-bond donors (Lipinski definition) is 2. The Morgan fingerprint density at radius 1 is 1.38 bits per heavy atom. The molecule has 128 valence electrons. The number of carbonyl (C=O) groups excluding carboxylic acids is 1. The van der Waals surface area contributed by atoms with Crippen molar-refractivity contribution in [1.29, 1.82) is 0 Å². The number of likely N-dealkylation sites (N-methyl/N-ethyl adjacent to an activating group) is 1. The maximum Gasteiger partial charge on any atom is 0.286 e. The molecule has 6 nitrogen and oxygen atoms in total. The molecule has 7 heteroatoms. The van der Waals surface area contributed by atoms with Crippen molar-refractivity contribution in [2.45, 2.75) is 32.4 Å². The Labute approximate surface area is 145 Å². The van der Waals surface area contributed by atoms with Gasteiger partial charge in [0.25, 0.3) is 5.91 Å². The van der Waals surface area contributed by atoms with Crippen LogP contribution < -0.4 is 5.32 Å². The highest BCUT2D eigenvalue weighted by molar-refractivity contribution is 7.13. The van der Waals surface area contributed by atoms with Crippen LogP contribution in [0.4, 0.5) is 5.69 Å². The van der Waals surface area contributed by atoms with Crippen LogP contribution in [0.1, 0.15) is 33.2 Å². The molecule has 1 aliphatic carbocycles. The number of aryl methyl sites for hydroxylation is 1. The van der Waals surface area contributed by atoms with E-state index in [1.165, 1.54) is 11.3 Å². The molecule has 2 aromatic rings. The van der Waals surface area contributed by atoms with Gasteiger partial charge >= 0.3 is 0 Å². The third-order valence-electron chi connectivity index (χ3n) is 4.04. The molecular formula is C17H22N4O2S. The zero-order chi connectivity index (χ0) is 17.1. The maximum atomic E-state index is 12.2. The summed E-state index contributed by atoms with van der Waals surface area (Å²) in [5.41, 5.74) is 1.88. The molecule has 1 heterocycles. The number of aliphatic hydroxyl groups excluding tert-OH is 1. The lowest BCUT2D eigenvalue weighted by Gasteiger charge is -2.18. The van der Waals surface area contributed by atoms with Gasteiger partial charge in [0.2, 0.25) is 5.01 Å². The van der Waals surface area contributed by atoms with E-state index >= 15 is 0 Å². The second-order valence-corrected chi connectivity index (χ2v) is 7.48. The molecule has 1 aromatic carbocycles. The van der Waals surface area contributed by atoms with Gasteiger partial charge in [-0.25, -0.2) is 0 Å². The van der Waals surface area contributed by atoms with Gasteiger partial charge in [-0.1, -0.05) is 29.0 Å². The number of hydrogen-bond acceptors (Lipinski definition) is 6. The van der Waals surface area contributed by atoms with Gasteiger partial charge in [-0.2, -0.15) is 0 Å². The highest BCUT2D eigenvalue weighted by Crippen LogP contribution is 2.32. The van der Waals surface area contributed by atoms with Gasteiger partial charge < -0.3 is 10.4 Å². The van der Waals surface area contributed by atoms with Crippen molar-refractivity contribution < 1.29 is 9.90 Å². The highest BCUT2D eigenvalue weighted by atomic mass is 32.1. The van der Waals surface area contributed by atoms with E-state index in [1.54, 1.807) is 0 Å². The number of amides is 1. The summed E-state index contributed by atoms with van der Waals surface area (Å²) in [7, 11) is 1.94. The number of aromatic nitrogens is 2. The number of rotatable bonds is 7. The van der Waals surface area contributed by atoms with E-state index < -0.39 is 0 Å². The van der Waals surface area contributed by atoms with Crippen LogP contribution in [0.15, 0.2) is 24.3 Å². The molecule has 2 N–H and O–H groups in total. The van der Waals surface area contributed by atoms with Crippen LogP contribution in [-0.4, -0.2) is 45.8 Å². The molecule has 1 unspecified atom stereocenters. The van der Waals surface area contributed by atoms with Crippen molar-refractivity contribution in [2.24, 2.45) is 5.92 Å². The monoisotopic (exact) mass is 346 g/mol. The van der Waals surface area contributed by atoms with Crippen LogP contribution in [-0.2, 0) is 6.54 Å². The van der Waals surface area contributed by atoms with E-state index in [2.05, 4.69) is 15.5 Å². The molecule has 1 aliphatic rings. The van der Waals surface area contributed by atoms with Crippen LogP contribution in [0.3, 0.4) is 0 Å². The molecule has 1 fully saturated rings. The van der Waals surface area contributed by atoms with Crippen LogP contribution in [0.25, 0.3) is 0 Å². The van der Waals surface area contributed by atoms with E-state index in [0.717, 1.165) is 29.1 Å². The Bertz CT molecular complexity index is 697. The highest BCUT2D eigenvalue weighted by Gasteiger charge is 2.30. The van der Waals surface area contributed by atoms with Gasteiger partial charge in [0.05, 0.1) is 12.6 Å². The van der Waals surface area contributed by atoms with Crippen molar-refractivity contribution in [3.63, 3.8) is 0 Å². The standard InChI is InChI=1S/C17H22N4O2S/c1-11-3-7-13(8-4-11)18-16(23)17-20-19-15(24-17)10-21(2)9-14(22)12-5-6-12/h3-4,7-8,12,14,22H,5-6,9-10H2,1-2H3,(H,18,23). The molecule has 0 saturated heterocycles. The molecule has 1 aromatic heterocycles. The summed E-state index contributed by atoms with van der Waals surface area (Å²) in [5, 5.41) is 22.0. The van der Waals surface area contributed by atoms with Crippen molar-refractivity contribution in [3.8, 4) is 0 Å². The van der Waals surface area contributed by atoms with E-state index in [0.29, 0.717) is 24.0 Å². The first-order valence-electron chi connectivity index (χ1n) is 8.08. The first-order valence-corrected chi connectivity index (χ1v) is 8.90. The summed E-state index contributed by atoms with van der Waals surface area (Å²) in [5.74, 6) is 0.209. The molecular weight excluding hydrogens is 324 g/mol. The van der Waals surface area contributed by atoms with Crippen LogP contribution in [0, 0.1) is 12.8 Å². The lowest BCUT2D eigenvalue weighted by atomic mass is 10.2. The fourth-order valence-electron chi connectivity index (χ4n) is 2.48. The lowest BCUT2D eigenvalue weighted by Crippen LogP contribution is -2.30. The lowest BCUT2D eigenvalue weighted by molar-refractivity contribution is 0.102. The van der Waals surface area contributed by atoms with Crippen LogP contribution >= 0.6 is 11.3 Å². The molecule has 1 atom stereocenters. The Kier molecular flexibility index (Phi) is 5.23. The third-order valence-corrected chi connectivity index (χ3v) is 4.95. The molecule has 0 spiro atoms. The minimum atomic E-state index is -0.271. The predicted octanol–water partition coefficient (Wildman–Crippen LogP) is 2.30. The SMILES string of the molecule is Cc1ccc(NC(=O)c2nnc(CN(C)CC(O)C3CC3)s2)cc1. The second kappa shape index (κ2) is 7.38. The van der Waals surface area contributed by atoms with Crippen molar-refractivity contribution in [3.05, 3.63) is 39.8 Å². The fraction of sp³-hybridized carbons (Fsp3) is 0.471. The summed E-state index contributed by atoms with van der Waals surface area (Å²) in [4.78, 5) is 14.2. The Balaban J connectivity index is 1.54. The summed E-state index contributed by atoms with van der Waals surface area (Å²) >= 11 is 1.29. The average molecular weight is 346 g/mol. The first kappa shape index (κ1) is 17.0. The number of anilines is 1. The molecule has 0 bridgehead atoms. The maximum absolute atomic E-state index is 12.2. The third kappa shape index (κ3) is 4.59. The fourth-order valence-corrected chi connectivity index (χ4v) is 3.29. The number of nitrogens with zero attached hydrogens (tertiary/aromatic N) is 3. The second-order valence-electron chi connectivity index (χ2n) is 6.42. The zero-order valence-corrected chi connectivity index (χ0v) is 14.7. The quantitative estimate of drug-likeness (QED) is 0.804. The predicted molar refractivity (Wildman–Crippen MR) is 94.1 cm³/mol. The Hall–Kier alpha value is -1.83. The molecule has 0 aliphatic heterocycles. The van der Waals surface area contributed by atoms with E-state index in [4.69, 9.17) is 0 Å². The van der Waals surface area contributed by atoms with Crippen LogP contribution in [0.5, 0.6) is 0 Å². The zero-order valence-electron chi connectivity index (χ0n) is 13.9. The van der Waals surface area contributed by atoms with Crippen molar-refractivity contribution in [1.82, 2.24) is 15.1 Å². The average Bonchev–Trinajstić information content (AvgIpc) is 3.30. The number of carbonyl (C=O) groups is 1. The summed E-state index contributed by atoms with van der Waals surface area (Å²) in [6, 6.07) is 7.62. The molecule has 3 rings (SSSR count). The molecule has 0 radical (unpaired) electrons. The van der Waals surface area contributed by atoms with Gasteiger partial charge in [-0.05, 0) is 44.9 Å². The van der Waals surface area contributed by atoms with Gasteiger partial charge in [-0.15, -0.1) is 10.2 Å². The number of aliphatic hydroxyl groups is 1. The summed E-state index contributed by atoms with van der Waals surface area (Å²) in [6.45, 7) is 3.20. The molecule has 24 heavy (non-hydrogen) atoms. The smallest absolute Gasteiger partial charge is 0.286 e. The van der Waals surface area contributed by atoms with E-state index in [9.17, 15) is 9.90 Å². The van der Waals surface area contributed by atoms with Crippen LogP contribution in [0.2, 0.25) is 0 Å². The molecule has 1 amide bonds. The Morgan fingerprint density at radius 3 is 2.75 bits per heavy atom. The van der Waals surface area contributed by atoms with Gasteiger partial charge in [0.15, 0.2) is 0 Å². The van der Waals surface area contributed by atoms with Gasteiger partial charge in [0.1, 0.15) is 5.01 Å². The van der Waals surface area contributed by atoms with Gasteiger partial charge in [0, 0.05) is 12.2 Å². The largest absolute Gasteiger partial charge is 0.392 e. The normalized spacial score (nSPS) is 15.5. The topological polar surface area (TPSA) is 78.4 Å². The van der Waals surface area contributed by atoms with Gasteiger partial charge in [-0.3, -0.25) is 9.69 Å². The number of nitrogens with one attached hydrogen (secondary N) is 1. The minimum absolute atomic E-state index is 0.247. The Morgan fingerprint density at radius 2 is 2.08 bits per heavy atom. The van der Waals surface area contributed by atoms with E-state index in [1.807, 2.05) is 43.1 Å². The summed E-state index contributed by atoms with van der Waals surface area (Å²) in [6.07, 6.45) is 1.97.